The number of aryl methyl sites for hydroxylation is 1. The van der Waals surface area contributed by atoms with Crippen molar-refractivity contribution in [3.63, 3.8) is 0 Å². The van der Waals surface area contributed by atoms with Crippen LogP contribution < -0.4 is 0 Å². The third kappa shape index (κ3) is 2.62. The summed E-state index contributed by atoms with van der Waals surface area (Å²) >= 11 is 12.0. The Morgan fingerprint density at radius 2 is 2.09 bits per heavy atom. The van der Waals surface area contributed by atoms with E-state index < -0.39 is 10.0 Å². The molecule has 1 aromatic heterocycles. The molecule has 1 aromatic carbocycles. The normalized spacial score (nSPS) is 19.7. The first kappa shape index (κ1) is 15.7. The average Bonchev–Trinajstić information content (AvgIpc) is 3.09. The van der Waals surface area contributed by atoms with Gasteiger partial charge < -0.3 is 4.57 Å². The fourth-order valence-corrected chi connectivity index (χ4v) is 5.07. The summed E-state index contributed by atoms with van der Waals surface area (Å²) in [5, 5.41) is 8.37. The zero-order valence-electron chi connectivity index (χ0n) is 11.8. The number of halogens is 2. The van der Waals surface area contributed by atoms with Crippen molar-refractivity contribution in [2.45, 2.75) is 23.8 Å². The Bertz CT molecular complexity index is 806. The number of nitrogens with zero attached hydrogens (tertiary/aromatic N) is 4. The van der Waals surface area contributed by atoms with Gasteiger partial charge in [-0.2, -0.15) is 4.31 Å². The molecule has 1 aliphatic heterocycles. The molecule has 0 amide bonds. The van der Waals surface area contributed by atoms with Crippen molar-refractivity contribution in [3.8, 4) is 0 Å². The predicted octanol–water partition coefficient (Wildman–Crippen LogP) is 2.65. The van der Waals surface area contributed by atoms with Gasteiger partial charge in [0.1, 0.15) is 11.2 Å². The molecule has 2 heterocycles. The van der Waals surface area contributed by atoms with Gasteiger partial charge in [-0.1, -0.05) is 23.2 Å². The zero-order valence-corrected chi connectivity index (χ0v) is 14.1. The van der Waals surface area contributed by atoms with E-state index in [1.54, 1.807) is 24.0 Å². The fourth-order valence-electron chi connectivity index (χ4n) is 2.68. The Balaban J connectivity index is 2.05. The molecule has 0 N–H and O–H groups in total. The van der Waals surface area contributed by atoms with Crippen LogP contribution in [-0.4, -0.2) is 34.0 Å². The second-order valence-corrected chi connectivity index (χ2v) is 7.85. The lowest BCUT2D eigenvalue weighted by atomic mass is 10.2. The van der Waals surface area contributed by atoms with Crippen LogP contribution in [0.4, 0.5) is 0 Å². The molecule has 1 atom stereocenters. The Labute approximate surface area is 138 Å². The summed E-state index contributed by atoms with van der Waals surface area (Å²) in [7, 11) is -1.95. The quantitative estimate of drug-likeness (QED) is 0.843. The second kappa shape index (κ2) is 5.81. The monoisotopic (exact) mass is 360 g/mol. The van der Waals surface area contributed by atoms with Crippen LogP contribution in [0, 0.1) is 0 Å². The van der Waals surface area contributed by atoms with E-state index in [1.807, 2.05) is 0 Å². The van der Waals surface area contributed by atoms with Crippen molar-refractivity contribution >= 4 is 33.2 Å². The predicted molar refractivity (Wildman–Crippen MR) is 83.3 cm³/mol. The second-order valence-electron chi connectivity index (χ2n) is 5.15. The summed E-state index contributed by atoms with van der Waals surface area (Å²) < 4.78 is 29.1. The third-order valence-corrected chi connectivity index (χ3v) is 6.35. The standard InChI is InChI=1S/C13H14Cl2N4O2S/c1-18-8-16-17-13(18)11-3-2-6-19(11)22(20,21)12-7-9(14)4-5-10(12)15/h4-5,7-8,11H,2-3,6H2,1H3/t11-/m1/s1. The van der Waals surface area contributed by atoms with Crippen LogP contribution in [0.3, 0.4) is 0 Å². The maximum absolute atomic E-state index is 12.9. The Kier molecular flexibility index (Phi) is 4.15. The summed E-state index contributed by atoms with van der Waals surface area (Å²) in [6, 6.07) is 4.09. The molecule has 9 heteroatoms. The molecule has 0 unspecified atom stereocenters. The highest BCUT2D eigenvalue weighted by atomic mass is 35.5. The van der Waals surface area contributed by atoms with E-state index in [1.165, 1.54) is 16.4 Å². The molecular weight excluding hydrogens is 347 g/mol. The van der Waals surface area contributed by atoms with Gasteiger partial charge in [0.25, 0.3) is 0 Å². The van der Waals surface area contributed by atoms with Gasteiger partial charge in [0.2, 0.25) is 10.0 Å². The molecule has 1 aliphatic rings. The first-order valence-electron chi connectivity index (χ1n) is 6.72. The van der Waals surface area contributed by atoms with Crippen LogP contribution in [0.25, 0.3) is 0 Å². The SMILES string of the molecule is Cn1cnnc1[C@H]1CCCN1S(=O)(=O)c1cc(Cl)ccc1Cl. The molecule has 0 saturated carbocycles. The molecule has 2 aromatic rings. The minimum absolute atomic E-state index is 0.0238. The summed E-state index contributed by atoms with van der Waals surface area (Å²) in [6.07, 6.45) is 3.02. The molecule has 1 fully saturated rings. The number of hydrogen-bond donors (Lipinski definition) is 0. The van der Waals surface area contributed by atoms with E-state index in [0.29, 0.717) is 23.8 Å². The summed E-state index contributed by atoms with van der Waals surface area (Å²) in [6.45, 7) is 0.419. The highest BCUT2D eigenvalue weighted by molar-refractivity contribution is 7.89. The maximum atomic E-state index is 12.9. The Morgan fingerprint density at radius 3 is 2.77 bits per heavy atom. The van der Waals surface area contributed by atoms with Gasteiger partial charge in [-0.05, 0) is 31.0 Å². The third-order valence-electron chi connectivity index (χ3n) is 3.73. The minimum Gasteiger partial charge on any atom is -0.319 e. The van der Waals surface area contributed by atoms with E-state index in [4.69, 9.17) is 23.2 Å². The molecule has 0 spiro atoms. The van der Waals surface area contributed by atoms with Gasteiger partial charge >= 0.3 is 0 Å². The van der Waals surface area contributed by atoms with E-state index in [9.17, 15) is 8.42 Å². The van der Waals surface area contributed by atoms with Crippen molar-refractivity contribution in [1.82, 2.24) is 19.1 Å². The lowest BCUT2D eigenvalue weighted by Gasteiger charge is -2.23. The van der Waals surface area contributed by atoms with Crippen LogP contribution in [-0.2, 0) is 17.1 Å². The van der Waals surface area contributed by atoms with E-state index >= 15 is 0 Å². The molecule has 118 valence electrons. The van der Waals surface area contributed by atoms with Crippen molar-refractivity contribution in [1.29, 1.82) is 0 Å². The highest BCUT2D eigenvalue weighted by Crippen LogP contribution is 2.37. The van der Waals surface area contributed by atoms with Gasteiger partial charge in [-0.15, -0.1) is 10.2 Å². The summed E-state index contributed by atoms with van der Waals surface area (Å²) in [4.78, 5) is 0.0238. The van der Waals surface area contributed by atoms with Crippen molar-refractivity contribution in [3.05, 3.63) is 40.4 Å². The van der Waals surface area contributed by atoms with Crippen LogP contribution >= 0.6 is 23.2 Å². The van der Waals surface area contributed by atoms with Crippen molar-refractivity contribution in [2.75, 3.05) is 6.54 Å². The van der Waals surface area contributed by atoms with Gasteiger partial charge in [-0.3, -0.25) is 0 Å². The van der Waals surface area contributed by atoms with Crippen molar-refractivity contribution in [2.24, 2.45) is 7.05 Å². The van der Waals surface area contributed by atoms with Gasteiger partial charge in [0, 0.05) is 18.6 Å². The fraction of sp³-hybridized carbons (Fsp3) is 0.385. The van der Waals surface area contributed by atoms with E-state index in [2.05, 4.69) is 10.2 Å². The summed E-state index contributed by atoms with van der Waals surface area (Å²) in [5.41, 5.74) is 0. The number of benzene rings is 1. The first-order valence-corrected chi connectivity index (χ1v) is 8.91. The number of rotatable bonds is 3. The molecular formula is C13H14Cl2N4O2S. The first-order chi connectivity index (χ1) is 10.4. The summed E-state index contributed by atoms with van der Waals surface area (Å²) in [5.74, 6) is 0.624. The minimum atomic E-state index is -3.75. The van der Waals surface area contributed by atoms with Crippen LogP contribution in [0.1, 0.15) is 24.7 Å². The van der Waals surface area contributed by atoms with Gasteiger partial charge in [-0.25, -0.2) is 8.42 Å². The molecule has 0 aliphatic carbocycles. The molecule has 0 bridgehead atoms. The highest BCUT2D eigenvalue weighted by Gasteiger charge is 2.39. The zero-order chi connectivity index (χ0) is 15.9. The van der Waals surface area contributed by atoms with E-state index in [-0.39, 0.29) is 16.0 Å². The Hall–Kier alpha value is -1.15. The van der Waals surface area contributed by atoms with Gasteiger partial charge in [0.15, 0.2) is 5.82 Å². The maximum Gasteiger partial charge on any atom is 0.245 e. The van der Waals surface area contributed by atoms with Gasteiger partial charge in [0.05, 0.1) is 11.1 Å². The van der Waals surface area contributed by atoms with Crippen LogP contribution in [0.5, 0.6) is 0 Å². The topological polar surface area (TPSA) is 68.1 Å². The smallest absolute Gasteiger partial charge is 0.245 e. The van der Waals surface area contributed by atoms with E-state index in [0.717, 1.165) is 6.42 Å². The lowest BCUT2D eigenvalue weighted by Crippen LogP contribution is -2.32. The molecule has 1 saturated heterocycles. The Morgan fingerprint density at radius 1 is 1.32 bits per heavy atom. The van der Waals surface area contributed by atoms with Crippen LogP contribution in [0.2, 0.25) is 10.0 Å². The molecule has 6 nitrogen and oxygen atoms in total. The average molecular weight is 361 g/mol. The number of sulfonamides is 1. The largest absolute Gasteiger partial charge is 0.319 e. The molecule has 22 heavy (non-hydrogen) atoms. The number of aromatic nitrogens is 3. The number of hydrogen-bond acceptors (Lipinski definition) is 4. The van der Waals surface area contributed by atoms with Crippen LogP contribution in [0.15, 0.2) is 29.4 Å². The van der Waals surface area contributed by atoms with Crippen molar-refractivity contribution < 1.29 is 8.42 Å². The molecule has 3 rings (SSSR count). The molecule has 0 radical (unpaired) electrons. The lowest BCUT2D eigenvalue weighted by molar-refractivity contribution is 0.376.